The molecule has 0 saturated heterocycles. The fourth-order valence-corrected chi connectivity index (χ4v) is 1.09. The Hall–Kier alpha value is -0.530. The number of carbonyl (C=O) groups excluding carboxylic acids is 1. The molecule has 8 heteroatoms. The van der Waals surface area contributed by atoms with Gasteiger partial charge in [0.05, 0.1) is 0 Å². The molecule has 0 radical (unpaired) electrons. The van der Waals surface area contributed by atoms with Crippen LogP contribution in [0.3, 0.4) is 0 Å². The van der Waals surface area contributed by atoms with E-state index >= 15 is 0 Å². The summed E-state index contributed by atoms with van der Waals surface area (Å²) in [6.07, 6.45) is -3.06. The molecule has 0 aliphatic heterocycles. The summed E-state index contributed by atoms with van der Waals surface area (Å²) in [4.78, 5) is 11.1. The van der Waals surface area contributed by atoms with E-state index in [-0.39, 0.29) is 19.0 Å². The van der Waals surface area contributed by atoms with E-state index in [9.17, 15) is 18.0 Å². The Morgan fingerprint density at radius 3 is 2.17 bits per heavy atom. The van der Waals surface area contributed by atoms with Crippen LogP contribution in [-0.2, 0) is 9.53 Å². The van der Waals surface area contributed by atoms with Crippen LogP contribution in [0.25, 0.3) is 0 Å². The molecule has 0 aromatic rings. The molecule has 0 unspecified atom stereocenters. The number of ether oxygens (including phenoxy) is 1. The topological polar surface area (TPSA) is 64.3 Å². The molecule has 110 valence electrons. The van der Waals surface area contributed by atoms with Gasteiger partial charge in [-0.2, -0.15) is 13.2 Å². The van der Waals surface area contributed by atoms with Gasteiger partial charge in [-0.25, -0.2) is 0 Å². The fraction of sp³-hybridized carbons (Fsp3) is 0.900. The highest BCUT2D eigenvalue weighted by Gasteiger charge is 2.28. The number of amides is 1. The molecule has 4 nitrogen and oxygen atoms in total. The van der Waals surface area contributed by atoms with Gasteiger partial charge in [0.25, 0.3) is 0 Å². The molecule has 0 aliphatic rings. The zero-order valence-corrected chi connectivity index (χ0v) is 11.3. The monoisotopic (exact) mass is 292 g/mol. The van der Waals surface area contributed by atoms with Crippen LogP contribution in [-0.4, -0.2) is 37.4 Å². The van der Waals surface area contributed by atoms with Crippen molar-refractivity contribution in [1.29, 1.82) is 0 Å². The summed E-state index contributed by atoms with van der Waals surface area (Å²) in [7, 11) is 0. The van der Waals surface area contributed by atoms with Gasteiger partial charge in [-0.15, -0.1) is 12.4 Å². The number of carbonyl (C=O) groups is 1. The molecule has 0 aliphatic carbocycles. The van der Waals surface area contributed by atoms with Crippen LogP contribution in [0.5, 0.6) is 0 Å². The molecule has 1 amide bonds. The first kappa shape index (κ1) is 19.8. The summed E-state index contributed by atoms with van der Waals surface area (Å²) in [5.74, 6) is -0.592. The Balaban J connectivity index is 0. The number of hydrogen-bond acceptors (Lipinski definition) is 3. The van der Waals surface area contributed by atoms with Crippen LogP contribution in [0.2, 0.25) is 0 Å². The van der Waals surface area contributed by atoms with Gasteiger partial charge in [-0.05, 0) is 12.8 Å². The van der Waals surface area contributed by atoms with Gasteiger partial charge in [0, 0.05) is 12.1 Å². The number of nitrogens with one attached hydrogen (secondary N) is 1. The molecule has 0 aromatic heterocycles. The molecule has 0 saturated carbocycles. The van der Waals surface area contributed by atoms with Crippen molar-refractivity contribution in [3.63, 3.8) is 0 Å². The van der Waals surface area contributed by atoms with Crippen LogP contribution in [0.4, 0.5) is 13.2 Å². The Morgan fingerprint density at radius 1 is 1.28 bits per heavy atom. The molecule has 18 heavy (non-hydrogen) atoms. The third-order valence-corrected chi connectivity index (χ3v) is 2.54. The van der Waals surface area contributed by atoms with E-state index in [4.69, 9.17) is 5.73 Å². The van der Waals surface area contributed by atoms with Gasteiger partial charge in [0.15, 0.2) is 0 Å². The van der Waals surface area contributed by atoms with E-state index in [1.54, 1.807) is 0 Å². The maximum Gasteiger partial charge on any atom is 0.411 e. The summed E-state index contributed by atoms with van der Waals surface area (Å²) in [5, 5.41) is 2.46. The minimum atomic E-state index is -4.41. The average Bonchev–Trinajstić information content (AvgIpc) is 2.24. The molecule has 0 bridgehead atoms. The lowest BCUT2D eigenvalue weighted by Crippen LogP contribution is -2.49. The predicted octanol–water partition coefficient (Wildman–Crippen LogP) is 1.62. The smallest absolute Gasteiger partial charge is 0.362 e. The largest absolute Gasteiger partial charge is 0.411 e. The van der Waals surface area contributed by atoms with E-state index in [2.05, 4.69) is 10.1 Å². The first-order valence-electron chi connectivity index (χ1n) is 5.42. The van der Waals surface area contributed by atoms with Crippen LogP contribution in [0, 0.1) is 0 Å². The number of halogens is 4. The maximum atomic E-state index is 11.7. The zero-order valence-electron chi connectivity index (χ0n) is 10.5. The molecule has 0 aromatic carbocycles. The summed E-state index contributed by atoms with van der Waals surface area (Å²) in [6, 6.07) is 0. The second kappa shape index (κ2) is 8.55. The van der Waals surface area contributed by atoms with E-state index in [0.717, 1.165) is 0 Å². The van der Waals surface area contributed by atoms with Gasteiger partial charge in [-0.1, -0.05) is 13.8 Å². The lowest BCUT2D eigenvalue weighted by molar-refractivity contribution is -0.175. The van der Waals surface area contributed by atoms with E-state index in [0.29, 0.717) is 12.8 Å². The second-order valence-corrected chi connectivity index (χ2v) is 3.95. The molecule has 0 fully saturated rings. The van der Waals surface area contributed by atoms with Gasteiger partial charge in [0.1, 0.15) is 13.2 Å². The van der Waals surface area contributed by atoms with Crippen molar-refractivity contribution in [3.05, 3.63) is 0 Å². The van der Waals surface area contributed by atoms with Crippen LogP contribution in [0.1, 0.15) is 26.7 Å². The predicted molar refractivity (Wildman–Crippen MR) is 64.6 cm³/mol. The number of rotatable bonds is 7. The quantitative estimate of drug-likeness (QED) is 0.749. The molecular formula is C10H20ClF3N2O2. The zero-order chi connectivity index (χ0) is 13.5. The molecule has 0 rings (SSSR count). The summed E-state index contributed by atoms with van der Waals surface area (Å²) >= 11 is 0. The van der Waals surface area contributed by atoms with Crippen molar-refractivity contribution in [2.45, 2.75) is 38.4 Å². The minimum Gasteiger partial charge on any atom is -0.362 e. The molecule has 0 heterocycles. The van der Waals surface area contributed by atoms with Crippen molar-refractivity contribution in [3.8, 4) is 0 Å². The first-order chi connectivity index (χ1) is 7.72. The minimum absolute atomic E-state index is 0. The van der Waals surface area contributed by atoms with Crippen molar-refractivity contribution in [2.75, 3.05) is 19.8 Å². The van der Waals surface area contributed by atoms with Crippen molar-refractivity contribution >= 4 is 18.3 Å². The lowest BCUT2D eigenvalue weighted by Gasteiger charge is -2.26. The Labute approximate surface area is 111 Å². The Kier molecular flexibility index (Phi) is 9.41. The van der Waals surface area contributed by atoms with Crippen LogP contribution < -0.4 is 11.1 Å². The lowest BCUT2D eigenvalue weighted by atomic mass is 9.94. The van der Waals surface area contributed by atoms with Gasteiger partial charge in [-0.3, -0.25) is 4.79 Å². The highest BCUT2D eigenvalue weighted by molar-refractivity contribution is 5.85. The average molecular weight is 293 g/mol. The van der Waals surface area contributed by atoms with Gasteiger partial charge < -0.3 is 15.8 Å². The highest BCUT2D eigenvalue weighted by atomic mass is 35.5. The normalized spacial score (nSPS) is 11.9. The van der Waals surface area contributed by atoms with Gasteiger partial charge in [0.2, 0.25) is 5.91 Å². The fourth-order valence-electron chi connectivity index (χ4n) is 1.09. The van der Waals surface area contributed by atoms with Crippen LogP contribution >= 0.6 is 12.4 Å². The van der Waals surface area contributed by atoms with Gasteiger partial charge >= 0.3 is 6.18 Å². The third kappa shape index (κ3) is 9.49. The Morgan fingerprint density at radius 2 is 1.78 bits per heavy atom. The van der Waals surface area contributed by atoms with Crippen molar-refractivity contribution < 1.29 is 22.7 Å². The Bertz CT molecular complexity index is 246. The summed E-state index contributed by atoms with van der Waals surface area (Å²) in [5.41, 5.74) is 5.39. The summed E-state index contributed by atoms with van der Waals surface area (Å²) in [6.45, 7) is 1.97. The highest BCUT2D eigenvalue weighted by Crippen LogP contribution is 2.14. The second-order valence-electron chi connectivity index (χ2n) is 3.95. The number of nitrogens with two attached hydrogens (primary N) is 1. The molecule has 3 N–H and O–H groups in total. The standard InChI is InChI=1S/C10H19F3N2O2.ClH/c1-3-9(14,4-2)6-15-8(16)5-17-7-10(11,12)13;/h3-7,14H2,1-2H3,(H,15,16);1H. The van der Waals surface area contributed by atoms with Crippen LogP contribution in [0.15, 0.2) is 0 Å². The molecular weight excluding hydrogens is 273 g/mol. The number of alkyl halides is 3. The summed E-state index contributed by atoms with van der Waals surface area (Å²) < 4.78 is 39.4. The first-order valence-corrected chi connectivity index (χ1v) is 5.42. The molecule has 0 atom stereocenters. The van der Waals surface area contributed by atoms with E-state index in [1.165, 1.54) is 0 Å². The third-order valence-electron chi connectivity index (χ3n) is 2.54. The SMILES string of the molecule is CCC(N)(CC)CNC(=O)COCC(F)(F)F.Cl. The molecule has 0 spiro atoms. The van der Waals surface area contributed by atoms with Crippen molar-refractivity contribution in [1.82, 2.24) is 5.32 Å². The maximum absolute atomic E-state index is 11.7. The van der Waals surface area contributed by atoms with Crippen molar-refractivity contribution in [2.24, 2.45) is 5.73 Å². The van der Waals surface area contributed by atoms with E-state index < -0.39 is 30.8 Å². The number of hydrogen-bond donors (Lipinski definition) is 2. The van der Waals surface area contributed by atoms with E-state index in [1.807, 2.05) is 13.8 Å².